The third kappa shape index (κ3) is 4.85. The van der Waals surface area contributed by atoms with Crippen LogP contribution in [0.15, 0.2) is 53.3 Å². The average Bonchev–Trinajstić information content (AvgIpc) is 3.08. The number of halogens is 1. The highest BCUT2D eigenvalue weighted by molar-refractivity contribution is 7.07. The first-order valence-corrected chi connectivity index (χ1v) is 10.4. The summed E-state index contributed by atoms with van der Waals surface area (Å²) in [6, 6.07) is 14.7. The van der Waals surface area contributed by atoms with Gasteiger partial charge >= 0.3 is 0 Å². The van der Waals surface area contributed by atoms with Gasteiger partial charge in [0.2, 0.25) is 0 Å². The van der Waals surface area contributed by atoms with Gasteiger partial charge in [-0.1, -0.05) is 23.7 Å². The number of aromatic amines is 1. The highest BCUT2D eigenvalue weighted by atomic mass is 35.5. The molecule has 0 spiro atoms. The normalized spacial score (nSPS) is 15.7. The number of nitrogens with zero attached hydrogens (tertiary/aromatic N) is 1. The van der Waals surface area contributed by atoms with E-state index in [1.165, 1.54) is 17.4 Å². The maximum atomic E-state index is 12.4. The van der Waals surface area contributed by atoms with Crippen molar-refractivity contribution in [3.63, 3.8) is 0 Å². The molecule has 1 aliphatic rings. The van der Waals surface area contributed by atoms with Crippen LogP contribution in [0.2, 0.25) is 5.02 Å². The number of hydrogen-bond donors (Lipinski definition) is 1. The van der Waals surface area contributed by atoms with E-state index in [-0.39, 0.29) is 11.3 Å². The summed E-state index contributed by atoms with van der Waals surface area (Å²) in [6.07, 6.45) is 3.27. The number of ketones is 1. The van der Waals surface area contributed by atoms with Crippen LogP contribution in [0.25, 0.3) is 12.2 Å². The van der Waals surface area contributed by atoms with Crippen molar-refractivity contribution in [3.8, 4) is 0 Å². The van der Waals surface area contributed by atoms with Gasteiger partial charge in [-0.2, -0.15) is 0 Å². The number of Topliss-reactive ketones (excluding diaryl/α,β-unsaturated/α-hetero) is 1. The zero-order valence-electron chi connectivity index (χ0n) is 15.6. The Labute approximate surface area is 176 Å². The van der Waals surface area contributed by atoms with Crippen LogP contribution in [-0.2, 0) is 4.74 Å². The van der Waals surface area contributed by atoms with Crippen molar-refractivity contribution < 1.29 is 9.53 Å². The summed E-state index contributed by atoms with van der Waals surface area (Å²) in [7, 11) is 0. The van der Waals surface area contributed by atoms with Crippen molar-refractivity contribution in [2.45, 2.75) is 0 Å². The molecule has 1 N–H and O–H groups in total. The van der Waals surface area contributed by atoms with Crippen LogP contribution in [-0.4, -0.2) is 37.1 Å². The summed E-state index contributed by atoms with van der Waals surface area (Å²) in [6.45, 7) is 3.25. The highest BCUT2D eigenvalue weighted by Gasteiger charge is 2.10. The Balaban J connectivity index is 1.57. The Bertz CT molecular complexity index is 1170. The molecule has 0 amide bonds. The number of rotatable bonds is 4. The predicted molar refractivity (Wildman–Crippen MR) is 117 cm³/mol. The molecule has 148 valence electrons. The number of morpholine rings is 1. The van der Waals surface area contributed by atoms with Crippen molar-refractivity contribution in [1.29, 1.82) is 0 Å². The number of benzene rings is 2. The van der Waals surface area contributed by atoms with Gasteiger partial charge in [0.1, 0.15) is 0 Å². The van der Waals surface area contributed by atoms with Crippen LogP contribution in [0, 0.1) is 0 Å². The molecule has 29 heavy (non-hydrogen) atoms. The third-order valence-corrected chi connectivity index (χ3v) is 5.85. The number of nitrogens with one attached hydrogen (secondary N) is 1. The summed E-state index contributed by atoms with van der Waals surface area (Å²) < 4.78 is 6.46. The molecule has 4 rings (SSSR count). The van der Waals surface area contributed by atoms with E-state index < -0.39 is 0 Å². The van der Waals surface area contributed by atoms with E-state index >= 15 is 0 Å². The molecule has 2 aromatic carbocycles. The summed E-state index contributed by atoms with van der Waals surface area (Å²) in [5.74, 6) is -0.180. The zero-order chi connectivity index (χ0) is 20.2. The molecule has 1 saturated heterocycles. The fourth-order valence-electron chi connectivity index (χ4n) is 3.10. The standard InChI is InChI=1S/C22H19ClN2O3S/c23-17-5-3-16(4-6-17)19(26)14-21-24-22(27)20(29-21)13-15-1-7-18(8-2-15)25-9-11-28-12-10-25/h1-8,13-14H,9-12H2,(H,24,27)/b20-13+,21-14+. The molecule has 0 unspecified atom stereocenters. The third-order valence-electron chi connectivity index (χ3n) is 4.64. The molecule has 7 heteroatoms. The maximum absolute atomic E-state index is 12.4. The molecule has 0 bridgehead atoms. The van der Waals surface area contributed by atoms with Gasteiger partial charge in [0.05, 0.1) is 22.4 Å². The molecule has 0 aliphatic carbocycles. The summed E-state index contributed by atoms with van der Waals surface area (Å²) in [5.41, 5.74) is 2.40. The second-order valence-corrected chi connectivity index (χ2v) is 8.16. The smallest absolute Gasteiger partial charge is 0.266 e. The van der Waals surface area contributed by atoms with Crippen LogP contribution >= 0.6 is 22.9 Å². The Morgan fingerprint density at radius 1 is 1.07 bits per heavy atom. The lowest BCUT2D eigenvalue weighted by Crippen LogP contribution is -2.36. The van der Waals surface area contributed by atoms with E-state index in [9.17, 15) is 9.59 Å². The van der Waals surface area contributed by atoms with Crippen LogP contribution in [0.1, 0.15) is 15.9 Å². The van der Waals surface area contributed by atoms with Gasteiger partial charge in [-0.05, 0) is 48.0 Å². The fraction of sp³-hybridized carbons (Fsp3) is 0.182. The monoisotopic (exact) mass is 426 g/mol. The lowest BCUT2D eigenvalue weighted by atomic mass is 10.1. The molecule has 1 fully saturated rings. The zero-order valence-corrected chi connectivity index (χ0v) is 17.1. The van der Waals surface area contributed by atoms with Crippen molar-refractivity contribution in [2.75, 3.05) is 31.2 Å². The minimum absolute atomic E-state index is 0.180. The first-order valence-electron chi connectivity index (χ1n) is 9.24. The minimum Gasteiger partial charge on any atom is -0.378 e. The summed E-state index contributed by atoms with van der Waals surface area (Å²) in [4.78, 5) is 29.7. The first kappa shape index (κ1) is 19.6. The number of carbonyl (C=O) groups excluding carboxylic acids is 1. The van der Waals surface area contributed by atoms with Gasteiger partial charge in [-0.15, -0.1) is 11.3 Å². The number of thiazole rings is 1. The van der Waals surface area contributed by atoms with Crippen molar-refractivity contribution >= 4 is 46.6 Å². The predicted octanol–water partition coefficient (Wildman–Crippen LogP) is 2.42. The van der Waals surface area contributed by atoms with Crippen LogP contribution in [0.5, 0.6) is 0 Å². The summed E-state index contributed by atoms with van der Waals surface area (Å²) in [5, 5.41) is 0.572. The number of aromatic nitrogens is 1. The van der Waals surface area contributed by atoms with E-state index in [1.54, 1.807) is 24.3 Å². The second kappa shape index (κ2) is 8.78. The number of H-pyrrole nitrogens is 1. The molecule has 3 aromatic rings. The van der Waals surface area contributed by atoms with Gasteiger partial charge in [0.15, 0.2) is 5.78 Å². The van der Waals surface area contributed by atoms with E-state index in [2.05, 4.69) is 22.0 Å². The Kier molecular flexibility index (Phi) is 5.94. The van der Waals surface area contributed by atoms with Crippen LogP contribution in [0.4, 0.5) is 5.69 Å². The molecule has 5 nitrogen and oxygen atoms in total. The van der Waals surface area contributed by atoms with E-state index in [0.29, 0.717) is 19.8 Å². The van der Waals surface area contributed by atoms with Gasteiger partial charge in [-0.25, -0.2) is 0 Å². The average molecular weight is 427 g/mol. The van der Waals surface area contributed by atoms with E-state index in [0.717, 1.165) is 37.6 Å². The maximum Gasteiger partial charge on any atom is 0.266 e. The molecular formula is C22H19ClN2O3S. The number of carbonyl (C=O) groups is 1. The molecule has 1 aromatic heterocycles. The lowest BCUT2D eigenvalue weighted by Gasteiger charge is -2.28. The summed E-state index contributed by atoms with van der Waals surface area (Å²) >= 11 is 7.11. The molecular weight excluding hydrogens is 408 g/mol. The lowest BCUT2D eigenvalue weighted by molar-refractivity contribution is 0.106. The molecule has 0 radical (unpaired) electrons. The van der Waals surface area contributed by atoms with Gasteiger partial charge in [-0.3, -0.25) is 9.59 Å². The second-order valence-electron chi connectivity index (χ2n) is 6.64. The molecule has 0 saturated carbocycles. The van der Waals surface area contributed by atoms with Crippen molar-refractivity contribution in [3.05, 3.63) is 84.2 Å². The van der Waals surface area contributed by atoms with Gasteiger partial charge < -0.3 is 14.6 Å². The van der Waals surface area contributed by atoms with Crippen molar-refractivity contribution in [2.24, 2.45) is 0 Å². The highest BCUT2D eigenvalue weighted by Crippen LogP contribution is 2.17. The first-order chi connectivity index (χ1) is 14.1. The molecule has 0 atom stereocenters. The molecule has 1 aliphatic heterocycles. The fourth-order valence-corrected chi connectivity index (χ4v) is 4.11. The topological polar surface area (TPSA) is 62.4 Å². The minimum atomic E-state index is -0.206. The number of ether oxygens (including phenoxy) is 1. The largest absolute Gasteiger partial charge is 0.378 e. The Hall–Kier alpha value is -2.67. The SMILES string of the molecule is O=C(/C=c1\[nH]c(=O)/c(=C\c2ccc(N3CCOCC3)cc2)s1)c1ccc(Cl)cc1. The molecule has 2 heterocycles. The quantitative estimate of drug-likeness (QED) is 0.651. The van der Waals surface area contributed by atoms with E-state index in [4.69, 9.17) is 16.3 Å². The number of anilines is 1. The van der Waals surface area contributed by atoms with Gasteiger partial charge in [0, 0.05) is 35.4 Å². The number of hydrogen-bond acceptors (Lipinski definition) is 5. The Morgan fingerprint density at radius 3 is 2.45 bits per heavy atom. The van der Waals surface area contributed by atoms with Crippen LogP contribution in [0.3, 0.4) is 0 Å². The van der Waals surface area contributed by atoms with Crippen molar-refractivity contribution in [1.82, 2.24) is 4.98 Å². The van der Waals surface area contributed by atoms with E-state index in [1.807, 2.05) is 18.2 Å². The Morgan fingerprint density at radius 2 is 1.76 bits per heavy atom. The van der Waals surface area contributed by atoms with Crippen LogP contribution < -0.4 is 19.7 Å². The van der Waals surface area contributed by atoms with Gasteiger partial charge in [0.25, 0.3) is 5.56 Å².